The Morgan fingerprint density at radius 3 is 2.54 bits per heavy atom. The standard InChI is InChI=1S/C22H27ClN2O/c1-3-21(18-8-10-20(23)11-9-18)24-12-5-13-25(15-14-24)22(26)19-7-4-6-17(2)16-19/h4,6-11,16,21H,3,5,12-15H2,1-2H3. The summed E-state index contributed by atoms with van der Waals surface area (Å²) in [7, 11) is 0. The summed E-state index contributed by atoms with van der Waals surface area (Å²) in [6.45, 7) is 7.76. The fraction of sp³-hybridized carbons (Fsp3) is 0.409. The van der Waals surface area contributed by atoms with Gasteiger partial charge in [0, 0.05) is 42.8 Å². The van der Waals surface area contributed by atoms with E-state index in [1.165, 1.54) is 5.56 Å². The van der Waals surface area contributed by atoms with Gasteiger partial charge in [-0.25, -0.2) is 0 Å². The van der Waals surface area contributed by atoms with Gasteiger partial charge in [0.25, 0.3) is 5.91 Å². The van der Waals surface area contributed by atoms with Crippen LogP contribution in [0, 0.1) is 6.92 Å². The maximum Gasteiger partial charge on any atom is 0.253 e. The highest BCUT2D eigenvalue weighted by Gasteiger charge is 2.24. The van der Waals surface area contributed by atoms with E-state index in [9.17, 15) is 4.79 Å². The lowest BCUT2D eigenvalue weighted by molar-refractivity contribution is 0.0757. The monoisotopic (exact) mass is 370 g/mol. The smallest absolute Gasteiger partial charge is 0.253 e. The van der Waals surface area contributed by atoms with Crippen LogP contribution in [-0.4, -0.2) is 41.9 Å². The van der Waals surface area contributed by atoms with E-state index in [0.717, 1.165) is 55.2 Å². The summed E-state index contributed by atoms with van der Waals surface area (Å²) >= 11 is 6.04. The molecule has 1 fully saturated rings. The molecule has 1 atom stereocenters. The summed E-state index contributed by atoms with van der Waals surface area (Å²) in [5, 5.41) is 0.773. The average molecular weight is 371 g/mol. The number of nitrogens with zero attached hydrogens (tertiary/aromatic N) is 2. The minimum Gasteiger partial charge on any atom is -0.337 e. The average Bonchev–Trinajstić information content (AvgIpc) is 2.89. The van der Waals surface area contributed by atoms with Gasteiger partial charge in [-0.1, -0.05) is 48.4 Å². The van der Waals surface area contributed by atoms with Gasteiger partial charge in [-0.3, -0.25) is 9.69 Å². The summed E-state index contributed by atoms with van der Waals surface area (Å²) in [6.07, 6.45) is 2.05. The molecule has 0 spiro atoms. The summed E-state index contributed by atoms with van der Waals surface area (Å²) < 4.78 is 0. The molecule has 138 valence electrons. The minimum absolute atomic E-state index is 0.148. The van der Waals surface area contributed by atoms with Gasteiger partial charge in [0.15, 0.2) is 0 Å². The Bertz CT molecular complexity index is 744. The van der Waals surface area contributed by atoms with Gasteiger partial charge < -0.3 is 4.90 Å². The number of aryl methyl sites for hydroxylation is 1. The molecule has 0 aromatic heterocycles. The van der Waals surface area contributed by atoms with Crippen LogP contribution in [0.4, 0.5) is 0 Å². The zero-order valence-corrected chi connectivity index (χ0v) is 16.4. The van der Waals surface area contributed by atoms with Crippen molar-refractivity contribution in [3.05, 3.63) is 70.2 Å². The topological polar surface area (TPSA) is 23.6 Å². The quantitative estimate of drug-likeness (QED) is 0.760. The van der Waals surface area contributed by atoms with Crippen LogP contribution >= 0.6 is 11.6 Å². The molecule has 0 radical (unpaired) electrons. The van der Waals surface area contributed by atoms with Gasteiger partial charge in [-0.05, 0) is 49.6 Å². The lowest BCUT2D eigenvalue weighted by atomic mass is 10.0. The summed E-state index contributed by atoms with van der Waals surface area (Å²) in [5.41, 5.74) is 3.22. The van der Waals surface area contributed by atoms with Gasteiger partial charge in [0.2, 0.25) is 0 Å². The second kappa shape index (κ2) is 8.70. The van der Waals surface area contributed by atoms with Crippen LogP contribution in [-0.2, 0) is 0 Å². The molecule has 0 saturated carbocycles. The maximum absolute atomic E-state index is 12.9. The maximum atomic E-state index is 12.9. The molecule has 0 bridgehead atoms. The molecule has 0 N–H and O–H groups in total. The lowest BCUT2D eigenvalue weighted by Crippen LogP contribution is -2.36. The predicted molar refractivity (Wildman–Crippen MR) is 108 cm³/mol. The van der Waals surface area contributed by atoms with Crippen molar-refractivity contribution >= 4 is 17.5 Å². The van der Waals surface area contributed by atoms with E-state index in [2.05, 4.69) is 24.0 Å². The van der Waals surface area contributed by atoms with Crippen molar-refractivity contribution in [2.45, 2.75) is 32.7 Å². The number of carbonyl (C=O) groups excluding carboxylic acids is 1. The first-order chi connectivity index (χ1) is 12.6. The summed E-state index contributed by atoms with van der Waals surface area (Å²) in [6, 6.07) is 16.4. The molecule has 3 rings (SSSR count). The third-order valence-electron chi connectivity index (χ3n) is 5.16. The van der Waals surface area contributed by atoms with Gasteiger partial charge >= 0.3 is 0 Å². The van der Waals surface area contributed by atoms with Crippen molar-refractivity contribution in [2.75, 3.05) is 26.2 Å². The lowest BCUT2D eigenvalue weighted by Gasteiger charge is -2.30. The highest BCUT2D eigenvalue weighted by molar-refractivity contribution is 6.30. The molecule has 1 unspecified atom stereocenters. The molecule has 1 aliphatic rings. The Balaban J connectivity index is 1.69. The largest absolute Gasteiger partial charge is 0.337 e. The number of halogens is 1. The molecule has 4 heteroatoms. The number of hydrogen-bond acceptors (Lipinski definition) is 2. The van der Waals surface area contributed by atoms with E-state index < -0.39 is 0 Å². The normalized spacial score (nSPS) is 17.0. The highest BCUT2D eigenvalue weighted by atomic mass is 35.5. The van der Waals surface area contributed by atoms with Crippen LogP contribution in [0.25, 0.3) is 0 Å². The first-order valence-electron chi connectivity index (χ1n) is 9.44. The van der Waals surface area contributed by atoms with Crippen LogP contribution in [0.5, 0.6) is 0 Å². The number of benzene rings is 2. The first-order valence-corrected chi connectivity index (χ1v) is 9.81. The van der Waals surface area contributed by atoms with E-state index in [1.807, 2.05) is 48.2 Å². The molecule has 3 nitrogen and oxygen atoms in total. The zero-order chi connectivity index (χ0) is 18.5. The summed E-state index contributed by atoms with van der Waals surface area (Å²) in [5.74, 6) is 0.148. The van der Waals surface area contributed by atoms with E-state index in [4.69, 9.17) is 11.6 Å². The minimum atomic E-state index is 0.148. The molecule has 26 heavy (non-hydrogen) atoms. The van der Waals surface area contributed by atoms with Crippen molar-refractivity contribution < 1.29 is 4.79 Å². The van der Waals surface area contributed by atoms with Crippen molar-refractivity contribution in [2.24, 2.45) is 0 Å². The van der Waals surface area contributed by atoms with Crippen LogP contribution in [0.3, 0.4) is 0 Å². The van der Waals surface area contributed by atoms with Crippen molar-refractivity contribution in [1.82, 2.24) is 9.80 Å². The predicted octanol–water partition coefficient (Wildman–Crippen LogP) is 4.95. The number of amides is 1. The van der Waals surface area contributed by atoms with Crippen LogP contribution < -0.4 is 0 Å². The van der Waals surface area contributed by atoms with Gasteiger partial charge in [0.1, 0.15) is 0 Å². The fourth-order valence-corrected chi connectivity index (χ4v) is 3.93. The van der Waals surface area contributed by atoms with Crippen molar-refractivity contribution in [1.29, 1.82) is 0 Å². The molecule has 1 amide bonds. The van der Waals surface area contributed by atoms with Crippen LogP contribution in [0.15, 0.2) is 48.5 Å². The second-order valence-electron chi connectivity index (χ2n) is 7.03. The Hall–Kier alpha value is -1.84. The summed E-state index contributed by atoms with van der Waals surface area (Å²) in [4.78, 5) is 17.4. The highest BCUT2D eigenvalue weighted by Crippen LogP contribution is 2.26. The molecular weight excluding hydrogens is 344 g/mol. The molecule has 2 aromatic rings. The molecule has 0 aliphatic carbocycles. The van der Waals surface area contributed by atoms with E-state index in [1.54, 1.807) is 0 Å². The van der Waals surface area contributed by atoms with E-state index in [0.29, 0.717) is 6.04 Å². The molecular formula is C22H27ClN2O. The third-order valence-corrected chi connectivity index (χ3v) is 5.42. The fourth-order valence-electron chi connectivity index (χ4n) is 3.80. The SMILES string of the molecule is CCC(c1ccc(Cl)cc1)N1CCCN(C(=O)c2cccc(C)c2)CC1. The molecule has 1 heterocycles. The van der Waals surface area contributed by atoms with Gasteiger partial charge in [0.05, 0.1) is 0 Å². The number of rotatable bonds is 4. The van der Waals surface area contributed by atoms with E-state index in [-0.39, 0.29) is 5.91 Å². The van der Waals surface area contributed by atoms with Crippen LogP contribution in [0.1, 0.15) is 47.3 Å². The second-order valence-corrected chi connectivity index (χ2v) is 7.46. The molecule has 1 saturated heterocycles. The number of carbonyl (C=O) groups is 1. The van der Waals surface area contributed by atoms with Crippen LogP contribution in [0.2, 0.25) is 5.02 Å². The Morgan fingerprint density at radius 1 is 1.08 bits per heavy atom. The Morgan fingerprint density at radius 2 is 1.85 bits per heavy atom. The Labute approximate surface area is 161 Å². The van der Waals surface area contributed by atoms with Gasteiger partial charge in [-0.2, -0.15) is 0 Å². The van der Waals surface area contributed by atoms with Crippen molar-refractivity contribution in [3.63, 3.8) is 0 Å². The first kappa shape index (κ1) is 18.9. The zero-order valence-electron chi connectivity index (χ0n) is 15.6. The number of hydrogen-bond donors (Lipinski definition) is 0. The van der Waals surface area contributed by atoms with Gasteiger partial charge in [-0.15, -0.1) is 0 Å². The molecule has 2 aromatic carbocycles. The Kier molecular flexibility index (Phi) is 6.33. The third kappa shape index (κ3) is 4.46. The van der Waals surface area contributed by atoms with E-state index >= 15 is 0 Å². The molecule has 1 aliphatic heterocycles. The van der Waals surface area contributed by atoms with Crippen molar-refractivity contribution in [3.8, 4) is 0 Å².